The van der Waals surface area contributed by atoms with Crippen molar-refractivity contribution >= 4 is 23.3 Å². The van der Waals surface area contributed by atoms with Crippen molar-refractivity contribution in [2.45, 2.75) is 0 Å². The SMILES string of the molecule is CSNc1ccc(N(C)C)cc1. The highest BCUT2D eigenvalue weighted by Gasteiger charge is 1.93. The van der Waals surface area contributed by atoms with Crippen molar-refractivity contribution in [2.75, 3.05) is 30.0 Å². The molecular weight excluding hydrogens is 168 g/mol. The zero-order valence-electron chi connectivity index (χ0n) is 7.66. The molecule has 0 bridgehead atoms. The van der Waals surface area contributed by atoms with E-state index in [2.05, 4.69) is 33.9 Å². The third kappa shape index (κ3) is 2.34. The fourth-order valence-electron chi connectivity index (χ4n) is 0.945. The van der Waals surface area contributed by atoms with E-state index >= 15 is 0 Å². The van der Waals surface area contributed by atoms with E-state index in [0.717, 1.165) is 5.69 Å². The molecule has 0 radical (unpaired) electrons. The second kappa shape index (κ2) is 4.26. The minimum Gasteiger partial charge on any atom is -0.378 e. The molecule has 0 aliphatic rings. The third-order valence-corrected chi connectivity index (χ3v) is 2.04. The van der Waals surface area contributed by atoms with Crippen LogP contribution < -0.4 is 9.62 Å². The number of hydrogen-bond acceptors (Lipinski definition) is 3. The molecule has 0 spiro atoms. The molecule has 66 valence electrons. The first kappa shape index (κ1) is 9.26. The summed E-state index contributed by atoms with van der Waals surface area (Å²) in [5.41, 5.74) is 2.37. The molecule has 1 rings (SSSR count). The second-order valence-corrected chi connectivity index (χ2v) is 3.36. The van der Waals surface area contributed by atoms with E-state index in [9.17, 15) is 0 Å². The lowest BCUT2D eigenvalue weighted by molar-refractivity contribution is 1.13. The Balaban J connectivity index is 2.71. The lowest BCUT2D eigenvalue weighted by Gasteiger charge is -2.12. The number of nitrogens with one attached hydrogen (secondary N) is 1. The van der Waals surface area contributed by atoms with Gasteiger partial charge in [-0.15, -0.1) is 0 Å². The Morgan fingerprint density at radius 1 is 1.17 bits per heavy atom. The van der Waals surface area contributed by atoms with Gasteiger partial charge in [0.05, 0.1) is 0 Å². The molecule has 3 heteroatoms. The first-order valence-corrected chi connectivity index (χ1v) is 5.03. The van der Waals surface area contributed by atoms with Crippen LogP contribution in [0.4, 0.5) is 11.4 Å². The van der Waals surface area contributed by atoms with Crippen LogP contribution in [-0.4, -0.2) is 20.4 Å². The summed E-state index contributed by atoms with van der Waals surface area (Å²) in [6.45, 7) is 0. The second-order valence-electron chi connectivity index (χ2n) is 2.75. The lowest BCUT2D eigenvalue weighted by atomic mass is 10.3. The summed E-state index contributed by atoms with van der Waals surface area (Å²) in [6, 6.07) is 8.34. The normalized spacial score (nSPS) is 9.58. The zero-order valence-corrected chi connectivity index (χ0v) is 8.48. The first-order valence-electron chi connectivity index (χ1n) is 3.80. The van der Waals surface area contributed by atoms with E-state index in [0.29, 0.717) is 0 Å². The van der Waals surface area contributed by atoms with Crippen LogP contribution in [0.15, 0.2) is 24.3 Å². The maximum atomic E-state index is 3.17. The molecule has 0 saturated heterocycles. The number of rotatable bonds is 3. The van der Waals surface area contributed by atoms with E-state index < -0.39 is 0 Å². The standard InChI is InChI=1S/C9H14N2S/c1-11(2)9-6-4-8(5-7-9)10-12-3/h4-7,10H,1-3H3. The highest BCUT2D eigenvalue weighted by atomic mass is 32.2. The average molecular weight is 182 g/mol. The van der Waals surface area contributed by atoms with Crippen molar-refractivity contribution in [2.24, 2.45) is 0 Å². The number of nitrogens with zero attached hydrogens (tertiary/aromatic N) is 1. The molecule has 1 aromatic carbocycles. The zero-order chi connectivity index (χ0) is 8.97. The first-order chi connectivity index (χ1) is 5.74. The van der Waals surface area contributed by atoms with Crippen LogP contribution >= 0.6 is 11.9 Å². The minimum atomic E-state index is 1.15. The maximum Gasteiger partial charge on any atom is 0.0441 e. The molecular formula is C9H14N2S. The molecule has 1 N–H and O–H groups in total. The van der Waals surface area contributed by atoms with Gasteiger partial charge in [-0.1, -0.05) is 11.9 Å². The average Bonchev–Trinajstić information content (AvgIpc) is 2.06. The van der Waals surface area contributed by atoms with Crippen LogP contribution in [0.5, 0.6) is 0 Å². The molecule has 0 unspecified atom stereocenters. The summed E-state index contributed by atoms with van der Waals surface area (Å²) < 4.78 is 3.17. The fourth-order valence-corrected chi connectivity index (χ4v) is 1.32. The van der Waals surface area contributed by atoms with Gasteiger partial charge < -0.3 is 9.62 Å². The van der Waals surface area contributed by atoms with Gasteiger partial charge in [-0.05, 0) is 24.3 Å². The lowest BCUT2D eigenvalue weighted by Crippen LogP contribution is -2.07. The van der Waals surface area contributed by atoms with Gasteiger partial charge in [0.15, 0.2) is 0 Å². The summed E-state index contributed by atoms with van der Waals surface area (Å²) in [5, 5.41) is 0. The Morgan fingerprint density at radius 3 is 2.17 bits per heavy atom. The van der Waals surface area contributed by atoms with Crippen molar-refractivity contribution in [3.63, 3.8) is 0 Å². The summed E-state index contributed by atoms with van der Waals surface area (Å²) in [4.78, 5) is 2.09. The van der Waals surface area contributed by atoms with Crippen LogP contribution in [0.25, 0.3) is 0 Å². The third-order valence-electron chi connectivity index (χ3n) is 1.60. The van der Waals surface area contributed by atoms with Gasteiger partial charge in [0.1, 0.15) is 0 Å². The molecule has 0 aliphatic heterocycles. The van der Waals surface area contributed by atoms with E-state index in [4.69, 9.17) is 0 Å². The van der Waals surface area contributed by atoms with Gasteiger partial charge in [-0.2, -0.15) is 0 Å². The molecule has 12 heavy (non-hydrogen) atoms. The quantitative estimate of drug-likeness (QED) is 0.723. The van der Waals surface area contributed by atoms with Gasteiger partial charge in [-0.25, -0.2) is 0 Å². The van der Waals surface area contributed by atoms with Crippen LogP contribution in [0.1, 0.15) is 0 Å². The predicted octanol–water partition coefficient (Wildman–Crippen LogP) is 2.44. The molecule has 0 fully saturated rings. The number of benzene rings is 1. The van der Waals surface area contributed by atoms with Crippen molar-refractivity contribution in [3.05, 3.63) is 24.3 Å². The molecule has 0 aromatic heterocycles. The van der Waals surface area contributed by atoms with Gasteiger partial charge in [0, 0.05) is 31.7 Å². The topological polar surface area (TPSA) is 15.3 Å². The molecule has 1 aromatic rings. The number of hydrogen-bond donors (Lipinski definition) is 1. The van der Waals surface area contributed by atoms with Gasteiger partial charge in [0.25, 0.3) is 0 Å². The molecule has 0 heterocycles. The van der Waals surface area contributed by atoms with E-state index in [-0.39, 0.29) is 0 Å². The molecule has 0 saturated carbocycles. The van der Waals surface area contributed by atoms with Crippen LogP contribution in [0.3, 0.4) is 0 Å². The summed E-state index contributed by atoms with van der Waals surface area (Å²) >= 11 is 1.61. The van der Waals surface area contributed by atoms with Crippen molar-refractivity contribution in [1.29, 1.82) is 0 Å². The fraction of sp³-hybridized carbons (Fsp3) is 0.333. The highest BCUT2D eigenvalue weighted by Crippen LogP contribution is 2.16. The Morgan fingerprint density at radius 2 is 1.75 bits per heavy atom. The summed E-state index contributed by atoms with van der Waals surface area (Å²) in [7, 11) is 4.08. The van der Waals surface area contributed by atoms with Gasteiger partial charge in [-0.3, -0.25) is 0 Å². The van der Waals surface area contributed by atoms with Gasteiger partial charge >= 0.3 is 0 Å². The Kier molecular flexibility index (Phi) is 3.29. The molecule has 0 amide bonds. The van der Waals surface area contributed by atoms with E-state index in [1.54, 1.807) is 11.9 Å². The molecule has 0 aliphatic carbocycles. The summed E-state index contributed by atoms with van der Waals surface area (Å²) in [6.07, 6.45) is 2.01. The molecule has 0 atom stereocenters. The van der Waals surface area contributed by atoms with Crippen LogP contribution in [0.2, 0.25) is 0 Å². The van der Waals surface area contributed by atoms with E-state index in [1.807, 2.05) is 20.4 Å². The Labute approximate surface area is 78.1 Å². The summed E-state index contributed by atoms with van der Waals surface area (Å²) in [5.74, 6) is 0. The minimum absolute atomic E-state index is 1.15. The van der Waals surface area contributed by atoms with Crippen LogP contribution in [0, 0.1) is 0 Å². The van der Waals surface area contributed by atoms with Crippen molar-refractivity contribution in [3.8, 4) is 0 Å². The predicted molar refractivity (Wildman–Crippen MR) is 57.9 cm³/mol. The maximum absolute atomic E-state index is 3.17. The molecule has 2 nitrogen and oxygen atoms in total. The van der Waals surface area contributed by atoms with Crippen LogP contribution in [-0.2, 0) is 0 Å². The monoisotopic (exact) mass is 182 g/mol. The van der Waals surface area contributed by atoms with Crippen molar-refractivity contribution in [1.82, 2.24) is 0 Å². The van der Waals surface area contributed by atoms with Crippen molar-refractivity contribution < 1.29 is 0 Å². The largest absolute Gasteiger partial charge is 0.378 e. The smallest absolute Gasteiger partial charge is 0.0441 e. The Bertz CT molecular complexity index is 231. The number of anilines is 2. The Hall–Kier alpha value is -0.830. The van der Waals surface area contributed by atoms with Gasteiger partial charge in [0.2, 0.25) is 0 Å². The highest BCUT2D eigenvalue weighted by molar-refractivity contribution is 7.99. The van der Waals surface area contributed by atoms with E-state index in [1.165, 1.54) is 5.69 Å².